The van der Waals surface area contributed by atoms with Gasteiger partial charge in [0.2, 0.25) is 0 Å². The van der Waals surface area contributed by atoms with E-state index >= 15 is 0 Å². The van der Waals surface area contributed by atoms with E-state index in [1.165, 1.54) is 0 Å². The van der Waals surface area contributed by atoms with Crippen molar-refractivity contribution in [1.29, 1.82) is 0 Å². The molecule has 0 amide bonds. The Balaban J connectivity index is 3.77. The molecule has 0 aromatic carbocycles. The van der Waals surface area contributed by atoms with Gasteiger partial charge in [-0.15, -0.1) is 0 Å². The highest BCUT2D eigenvalue weighted by Gasteiger charge is 2.19. The molecule has 0 heterocycles. The summed E-state index contributed by atoms with van der Waals surface area (Å²) in [4.78, 5) is 0. The van der Waals surface area contributed by atoms with Crippen LogP contribution in [0.2, 0.25) is 0 Å². The topological polar surface area (TPSA) is 18.5 Å². The van der Waals surface area contributed by atoms with E-state index in [2.05, 4.69) is 0 Å². The summed E-state index contributed by atoms with van der Waals surface area (Å²) >= 11 is 0. The highest BCUT2D eigenvalue weighted by atomic mass is 16.5. The Morgan fingerprint density at radius 2 is 1.45 bits per heavy atom. The third kappa shape index (κ3) is 5.22. The molecule has 0 radical (unpaired) electrons. The average Bonchev–Trinajstić information content (AvgIpc) is 1.82. The van der Waals surface area contributed by atoms with Crippen molar-refractivity contribution < 1.29 is 9.47 Å². The summed E-state index contributed by atoms with van der Waals surface area (Å²) < 4.78 is 10.8. The van der Waals surface area contributed by atoms with Gasteiger partial charge in [0.25, 0.3) is 0 Å². The van der Waals surface area contributed by atoms with Crippen LogP contribution >= 0.6 is 0 Å². The van der Waals surface area contributed by atoms with Gasteiger partial charge >= 0.3 is 0 Å². The maximum atomic E-state index is 5.67. The largest absolute Gasteiger partial charge is 0.379 e. The highest BCUT2D eigenvalue weighted by molar-refractivity contribution is 4.66. The Bertz CT molecular complexity index is 105. The molecular weight excluding hydrogens is 140 g/mol. The van der Waals surface area contributed by atoms with Crippen molar-refractivity contribution in [2.75, 3.05) is 7.11 Å². The van der Waals surface area contributed by atoms with Crippen LogP contribution in [-0.4, -0.2) is 24.9 Å². The lowest BCUT2D eigenvalue weighted by Gasteiger charge is -2.28. The number of hydrogen-bond donors (Lipinski definition) is 0. The lowest BCUT2D eigenvalue weighted by atomic mass is 10.1. The van der Waals surface area contributed by atoms with Crippen molar-refractivity contribution >= 4 is 0 Å². The van der Waals surface area contributed by atoms with E-state index in [4.69, 9.17) is 9.47 Å². The Morgan fingerprint density at radius 3 is 1.73 bits per heavy atom. The first-order valence-electron chi connectivity index (χ1n) is 4.07. The number of rotatable bonds is 3. The van der Waals surface area contributed by atoms with Gasteiger partial charge in [-0.25, -0.2) is 0 Å². The maximum absolute atomic E-state index is 5.67. The maximum Gasteiger partial charge on any atom is 0.0812 e. The Hall–Kier alpha value is -0.0800. The summed E-state index contributed by atoms with van der Waals surface area (Å²) in [6.45, 7) is 10.2. The van der Waals surface area contributed by atoms with Crippen molar-refractivity contribution in [3.05, 3.63) is 0 Å². The van der Waals surface area contributed by atoms with Gasteiger partial charge in [-0.3, -0.25) is 0 Å². The quantitative estimate of drug-likeness (QED) is 0.630. The molecule has 0 saturated heterocycles. The molecule has 68 valence electrons. The minimum Gasteiger partial charge on any atom is -0.379 e. The summed E-state index contributed by atoms with van der Waals surface area (Å²) in [6.07, 6.45) is 0.314. The minimum atomic E-state index is -0.0772. The van der Waals surface area contributed by atoms with Crippen molar-refractivity contribution in [3.8, 4) is 0 Å². The van der Waals surface area contributed by atoms with Crippen LogP contribution in [0.25, 0.3) is 0 Å². The molecule has 0 saturated carbocycles. The first kappa shape index (κ1) is 10.9. The van der Waals surface area contributed by atoms with E-state index in [-0.39, 0.29) is 17.8 Å². The van der Waals surface area contributed by atoms with Gasteiger partial charge in [-0.1, -0.05) is 0 Å². The fourth-order valence-electron chi connectivity index (χ4n) is 0.845. The van der Waals surface area contributed by atoms with E-state index in [1.54, 1.807) is 7.11 Å². The molecule has 0 spiro atoms. The predicted octanol–water partition coefficient (Wildman–Crippen LogP) is 2.22. The third-order valence-corrected chi connectivity index (χ3v) is 1.57. The van der Waals surface area contributed by atoms with Crippen LogP contribution in [0.4, 0.5) is 0 Å². The van der Waals surface area contributed by atoms with E-state index in [0.717, 1.165) is 0 Å². The second-order valence-corrected chi connectivity index (χ2v) is 3.88. The molecule has 0 fully saturated rings. The second kappa shape index (κ2) is 4.07. The molecule has 2 atom stereocenters. The molecule has 0 N–H and O–H groups in total. The SMILES string of the molecule is COC(C)C(C)OC(C)(C)C. The predicted molar refractivity (Wildman–Crippen MR) is 46.8 cm³/mol. The van der Waals surface area contributed by atoms with E-state index < -0.39 is 0 Å². The van der Waals surface area contributed by atoms with Crippen LogP contribution in [0.1, 0.15) is 34.6 Å². The minimum absolute atomic E-state index is 0.0772. The van der Waals surface area contributed by atoms with Crippen LogP contribution in [0.3, 0.4) is 0 Å². The van der Waals surface area contributed by atoms with Gasteiger partial charge in [0.1, 0.15) is 0 Å². The summed E-state index contributed by atoms with van der Waals surface area (Å²) in [6, 6.07) is 0. The molecule has 0 bridgehead atoms. The standard InChI is InChI=1S/C9H20O2/c1-7(10-6)8(2)11-9(3,4)5/h7-8H,1-6H3. The molecule has 0 aliphatic heterocycles. The number of hydrogen-bond acceptors (Lipinski definition) is 2. The van der Waals surface area contributed by atoms with Gasteiger partial charge in [-0.05, 0) is 34.6 Å². The van der Waals surface area contributed by atoms with Gasteiger partial charge < -0.3 is 9.47 Å². The van der Waals surface area contributed by atoms with E-state index in [9.17, 15) is 0 Å². The zero-order valence-electron chi connectivity index (χ0n) is 8.47. The van der Waals surface area contributed by atoms with Crippen molar-refractivity contribution in [2.24, 2.45) is 0 Å². The molecule has 0 aliphatic rings. The average molecular weight is 160 g/mol. The zero-order chi connectivity index (χ0) is 9.07. The number of ether oxygens (including phenoxy) is 2. The third-order valence-electron chi connectivity index (χ3n) is 1.57. The monoisotopic (exact) mass is 160 g/mol. The molecular formula is C9H20O2. The van der Waals surface area contributed by atoms with Crippen LogP contribution in [0.5, 0.6) is 0 Å². The molecule has 2 nitrogen and oxygen atoms in total. The summed E-state index contributed by atoms with van der Waals surface area (Å²) in [5.74, 6) is 0. The van der Waals surface area contributed by atoms with Crippen LogP contribution in [0, 0.1) is 0 Å². The summed E-state index contributed by atoms with van der Waals surface area (Å²) in [7, 11) is 1.70. The van der Waals surface area contributed by atoms with E-state index in [0.29, 0.717) is 0 Å². The molecule has 11 heavy (non-hydrogen) atoms. The normalized spacial score (nSPS) is 18.0. The first-order valence-corrected chi connectivity index (χ1v) is 4.07. The molecule has 2 unspecified atom stereocenters. The van der Waals surface area contributed by atoms with Crippen LogP contribution in [-0.2, 0) is 9.47 Å². The fourth-order valence-corrected chi connectivity index (χ4v) is 0.845. The van der Waals surface area contributed by atoms with Gasteiger partial charge in [0, 0.05) is 7.11 Å². The summed E-state index contributed by atoms with van der Waals surface area (Å²) in [5, 5.41) is 0. The molecule has 0 aliphatic carbocycles. The fraction of sp³-hybridized carbons (Fsp3) is 1.00. The summed E-state index contributed by atoms with van der Waals surface area (Å²) in [5.41, 5.74) is -0.0772. The number of methoxy groups -OCH3 is 1. The van der Waals surface area contributed by atoms with E-state index in [1.807, 2.05) is 34.6 Å². The Labute approximate surface area is 69.9 Å². The van der Waals surface area contributed by atoms with Gasteiger partial charge in [0.05, 0.1) is 17.8 Å². The van der Waals surface area contributed by atoms with Gasteiger partial charge in [-0.2, -0.15) is 0 Å². The smallest absolute Gasteiger partial charge is 0.0812 e. The highest BCUT2D eigenvalue weighted by Crippen LogP contribution is 2.13. The van der Waals surface area contributed by atoms with Crippen molar-refractivity contribution in [2.45, 2.75) is 52.4 Å². The molecule has 0 aromatic rings. The molecule has 0 rings (SSSR count). The molecule has 2 heteroatoms. The van der Waals surface area contributed by atoms with Crippen molar-refractivity contribution in [3.63, 3.8) is 0 Å². The molecule has 0 aromatic heterocycles. The first-order chi connectivity index (χ1) is 4.87. The van der Waals surface area contributed by atoms with Crippen molar-refractivity contribution in [1.82, 2.24) is 0 Å². The van der Waals surface area contributed by atoms with Gasteiger partial charge in [0.15, 0.2) is 0 Å². The van der Waals surface area contributed by atoms with Crippen LogP contribution in [0.15, 0.2) is 0 Å². The lowest BCUT2D eigenvalue weighted by molar-refractivity contribution is -0.106. The lowest BCUT2D eigenvalue weighted by Crippen LogP contribution is -2.33. The zero-order valence-corrected chi connectivity index (χ0v) is 8.47. The Kier molecular flexibility index (Phi) is 4.04. The Morgan fingerprint density at radius 1 is 1.00 bits per heavy atom. The van der Waals surface area contributed by atoms with Crippen LogP contribution < -0.4 is 0 Å². The second-order valence-electron chi connectivity index (χ2n) is 3.88.